The van der Waals surface area contributed by atoms with Crippen LogP contribution in [-0.4, -0.2) is 38.9 Å². The molecule has 0 unspecified atom stereocenters. The van der Waals surface area contributed by atoms with E-state index in [1.54, 1.807) is 33.5 Å². The minimum absolute atomic E-state index is 0. The fourth-order valence-corrected chi connectivity index (χ4v) is 2.78. The molecule has 0 aliphatic rings. The number of benzene rings is 2. The van der Waals surface area contributed by atoms with Gasteiger partial charge in [-0.05, 0) is 42.3 Å². The maximum Gasteiger partial charge on any atom is 0.203 e. The lowest BCUT2D eigenvalue weighted by Crippen LogP contribution is -2.36. The Morgan fingerprint density at radius 1 is 1.00 bits per heavy atom. The third kappa shape index (κ3) is 6.91. The van der Waals surface area contributed by atoms with Gasteiger partial charge in [-0.25, -0.2) is 9.38 Å². The van der Waals surface area contributed by atoms with Crippen LogP contribution in [0.3, 0.4) is 0 Å². The number of methoxy groups -OCH3 is 3. The fourth-order valence-electron chi connectivity index (χ4n) is 2.78. The smallest absolute Gasteiger partial charge is 0.203 e. The molecule has 9 heteroatoms. The number of aliphatic hydroxyl groups excluding tert-OH is 1. The summed E-state index contributed by atoms with van der Waals surface area (Å²) in [6, 6.07) is 8.35. The molecule has 2 rings (SSSR count). The number of ether oxygens (including phenoxy) is 3. The average molecular weight is 533 g/mol. The van der Waals surface area contributed by atoms with Gasteiger partial charge in [0.2, 0.25) is 5.75 Å². The fraction of sp³-hybridized carbons (Fsp3) is 0.381. The SMILES string of the molecule is CCNC(=NCc1cc(OC)c(OC)c(OC)c1)NCc1ccc(F)c(CO)c1.I. The van der Waals surface area contributed by atoms with E-state index < -0.39 is 5.82 Å². The third-order valence-corrected chi connectivity index (χ3v) is 4.23. The Labute approximate surface area is 193 Å². The normalized spacial score (nSPS) is 10.8. The molecule has 0 aromatic heterocycles. The highest BCUT2D eigenvalue weighted by Crippen LogP contribution is 2.38. The second-order valence-electron chi connectivity index (χ2n) is 6.17. The van der Waals surface area contributed by atoms with E-state index in [-0.39, 0.29) is 36.1 Å². The Morgan fingerprint density at radius 2 is 1.67 bits per heavy atom. The summed E-state index contributed by atoms with van der Waals surface area (Å²) >= 11 is 0. The maximum atomic E-state index is 13.5. The van der Waals surface area contributed by atoms with Gasteiger partial charge in [0.15, 0.2) is 17.5 Å². The zero-order valence-corrected chi connectivity index (χ0v) is 20.0. The minimum Gasteiger partial charge on any atom is -0.493 e. The molecule has 0 saturated carbocycles. The Balaban J connectivity index is 0.00000450. The molecule has 0 aliphatic carbocycles. The van der Waals surface area contributed by atoms with Crippen LogP contribution in [0, 0.1) is 5.82 Å². The molecule has 3 N–H and O–H groups in total. The molecule has 166 valence electrons. The molecule has 2 aromatic rings. The summed E-state index contributed by atoms with van der Waals surface area (Å²) in [5.41, 5.74) is 2.00. The number of hydrogen-bond acceptors (Lipinski definition) is 5. The zero-order chi connectivity index (χ0) is 21.2. The van der Waals surface area contributed by atoms with Gasteiger partial charge in [0.1, 0.15) is 5.82 Å². The summed E-state index contributed by atoms with van der Waals surface area (Å²) in [5, 5.41) is 15.6. The molecule has 0 heterocycles. The number of guanidine groups is 1. The summed E-state index contributed by atoms with van der Waals surface area (Å²) in [7, 11) is 4.70. The van der Waals surface area contributed by atoms with Gasteiger partial charge >= 0.3 is 0 Å². The predicted molar refractivity (Wildman–Crippen MR) is 125 cm³/mol. The van der Waals surface area contributed by atoms with Crippen molar-refractivity contribution < 1.29 is 23.7 Å². The van der Waals surface area contributed by atoms with Crippen molar-refractivity contribution in [3.8, 4) is 17.2 Å². The van der Waals surface area contributed by atoms with Gasteiger partial charge in [-0.1, -0.05) is 6.07 Å². The molecule has 0 bridgehead atoms. The zero-order valence-electron chi connectivity index (χ0n) is 17.6. The first-order valence-electron chi connectivity index (χ1n) is 9.25. The van der Waals surface area contributed by atoms with Gasteiger partial charge in [0.25, 0.3) is 0 Å². The molecule has 7 nitrogen and oxygen atoms in total. The standard InChI is InChI=1S/C21H28FN3O4.HI/c1-5-23-21(24-11-14-6-7-17(22)16(8-14)13-26)25-12-15-9-18(27-2)20(29-4)19(10-15)28-3;/h6-10,26H,5,11-13H2,1-4H3,(H2,23,24,25);1H. The monoisotopic (exact) mass is 533 g/mol. The Hall–Kier alpha value is -2.27. The van der Waals surface area contributed by atoms with E-state index in [9.17, 15) is 9.50 Å². The highest BCUT2D eigenvalue weighted by Gasteiger charge is 2.13. The first-order valence-corrected chi connectivity index (χ1v) is 9.25. The quantitative estimate of drug-likeness (QED) is 0.261. The summed E-state index contributed by atoms with van der Waals surface area (Å²) in [6.07, 6.45) is 0. The molecular formula is C21H29FIN3O4. The molecule has 0 amide bonds. The van der Waals surface area contributed by atoms with Gasteiger partial charge in [-0.2, -0.15) is 0 Å². The summed E-state index contributed by atoms with van der Waals surface area (Å²) in [5.74, 6) is 1.86. The van der Waals surface area contributed by atoms with Crippen molar-refractivity contribution in [3.63, 3.8) is 0 Å². The largest absolute Gasteiger partial charge is 0.493 e. The highest BCUT2D eigenvalue weighted by molar-refractivity contribution is 14.0. The van der Waals surface area contributed by atoms with E-state index in [2.05, 4.69) is 15.6 Å². The lowest BCUT2D eigenvalue weighted by atomic mass is 10.1. The molecule has 0 radical (unpaired) electrons. The van der Waals surface area contributed by atoms with Crippen LogP contribution in [-0.2, 0) is 19.7 Å². The van der Waals surface area contributed by atoms with E-state index >= 15 is 0 Å². The highest BCUT2D eigenvalue weighted by atomic mass is 127. The maximum absolute atomic E-state index is 13.5. The van der Waals surface area contributed by atoms with E-state index in [1.165, 1.54) is 6.07 Å². The van der Waals surface area contributed by atoms with Crippen molar-refractivity contribution in [2.75, 3.05) is 27.9 Å². The van der Waals surface area contributed by atoms with Crippen molar-refractivity contribution in [1.82, 2.24) is 10.6 Å². The van der Waals surface area contributed by atoms with Gasteiger partial charge in [-0.15, -0.1) is 24.0 Å². The number of rotatable bonds is 9. The molecule has 0 saturated heterocycles. The van der Waals surface area contributed by atoms with Crippen LogP contribution in [0.25, 0.3) is 0 Å². The van der Waals surface area contributed by atoms with Gasteiger partial charge in [-0.3, -0.25) is 0 Å². The van der Waals surface area contributed by atoms with Crippen molar-refractivity contribution in [3.05, 3.63) is 52.8 Å². The lowest BCUT2D eigenvalue weighted by molar-refractivity contribution is 0.275. The van der Waals surface area contributed by atoms with Crippen LogP contribution in [0.15, 0.2) is 35.3 Å². The molecule has 0 fully saturated rings. The third-order valence-electron chi connectivity index (χ3n) is 4.23. The van der Waals surface area contributed by atoms with Crippen LogP contribution in [0.4, 0.5) is 4.39 Å². The Kier molecular flexibility index (Phi) is 11.3. The molecule has 0 atom stereocenters. The van der Waals surface area contributed by atoms with Crippen molar-refractivity contribution in [2.45, 2.75) is 26.6 Å². The second-order valence-corrected chi connectivity index (χ2v) is 6.17. The first-order chi connectivity index (χ1) is 14.1. The van der Waals surface area contributed by atoms with E-state index in [0.29, 0.717) is 42.8 Å². The summed E-state index contributed by atoms with van der Waals surface area (Å²) < 4.78 is 29.6. The number of nitrogens with one attached hydrogen (secondary N) is 2. The number of halogens is 2. The predicted octanol–water partition coefficient (Wildman–Crippen LogP) is 3.22. The molecular weight excluding hydrogens is 504 g/mol. The number of aliphatic hydroxyl groups is 1. The number of aliphatic imine (C=N–C) groups is 1. The number of nitrogens with zero attached hydrogens (tertiary/aromatic N) is 1. The van der Waals surface area contributed by atoms with Gasteiger partial charge < -0.3 is 30.0 Å². The minimum atomic E-state index is -0.417. The Bertz CT molecular complexity index is 824. The number of hydrogen-bond donors (Lipinski definition) is 3. The summed E-state index contributed by atoms with van der Waals surface area (Å²) in [4.78, 5) is 4.58. The van der Waals surface area contributed by atoms with Crippen LogP contribution in [0.2, 0.25) is 0 Å². The van der Waals surface area contributed by atoms with E-state index in [4.69, 9.17) is 14.2 Å². The second kappa shape index (κ2) is 13.1. The van der Waals surface area contributed by atoms with Crippen LogP contribution in [0.5, 0.6) is 17.2 Å². The molecule has 0 spiro atoms. The van der Waals surface area contributed by atoms with Crippen LogP contribution >= 0.6 is 24.0 Å². The average Bonchev–Trinajstić information content (AvgIpc) is 2.75. The van der Waals surface area contributed by atoms with Crippen molar-refractivity contribution in [1.29, 1.82) is 0 Å². The van der Waals surface area contributed by atoms with Crippen molar-refractivity contribution in [2.24, 2.45) is 4.99 Å². The molecule has 0 aliphatic heterocycles. The van der Waals surface area contributed by atoms with Crippen molar-refractivity contribution >= 4 is 29.9 Å². The van der Waals surface area contributed by atoms with Crippen LogP contribution < -0.4 is 24.8 Å². The molecule has 30 heavy (non-hydrogen) atoms. The van der Waals surface area contributed by atoms with Crippen LogP contribution in [0.1, 0.15) is 23.6 Å². The first kappa shape index (κ1) is 25.8. The topological polar surface area (TPSA) is 84.3 Å². The molecule has 2 aromatic carbocycles. The summed E-state index contributed by atoms with van der Waals surface area (Å²) in [6.45, 7) is 3.14. The van der Waals surface area contributed by atoms with E-state index in [1.807, 2.05) is 19.1 Å². The van der Waals surface area contributed by atoms with Gasteiger partial charge in [0, 0.05) is 18.7 Å². The Morgan fingerprint density at radius 3 is 2.20 bits per heavy atom. The van der Waals surface area contributed by atoms with Gasteiger partial charge in [0.05, 0.1) is 34.5 Å². The van der Waals surface area contributed by atoms with E-state index in [0.717, 1.165) is 11.1 Å². The lowest BCUT2D eigenvalue weighted by Gasteiger charge is -2.14.